The van der Waals surface area contributed by atoms with Crippen LogP contribution in [0.4, 0.5) is 5.69 Å². The minimum absolute atomic E-state index is 0.186. The minimum atomic E-state index is -0.548. The van der Waals surface area contributed by atoms with Crippen LogP contribution in [-0.4, -0.2) is 34.3 Å². The van der Waals surface area contributed by atoms with Gasteiger partial charge in [0, 0.05) is 12.7 Å². The number of nitrogens with two attached hydrogens (primary N) is 2. The van der Waals surface area contributed by atoms with Crippen LogP contribution in [0.15, 0.2) is 18.3 Å². The summed E-state index contributed by atoms with van der Waals surface area (Å²) in [5.74, 6) is -0.797. The van der Waals surface area contributed by atoms with Gasteiger partial charge < -0.3 is 16.4 Å². The number of likely N-dealkylation sites (tertiary alicyclic amines) is 1. The average molecular weight is 248 g/mol. The Morgan fingerprint density at radius 3 is 2.83 bits per heavy atom. The summed E-state index contributed by atoms with van der Waals surface area (Å²) < 4.78 is 0. The van der Waals surface area contributed by atoms with Crippen molar-refractivity contribution in [1.82, 2.24) is 9.88 Å². The highest BCUT2D eigenvalue weighted by Crippen LogP contribution is 2.20. The van der Waals surface area contributed by atoms with Gasteiger partial charge in [-0.2, -0.15) is 0 Å². The third-order valence-corrected chi connectivity index (χ3v) is 3.13. The maximum absolute atomic E-state index is 12.3. The van der Waals surface area contributed by atoms with E-state index in [4.69, 9.17) is 11.5 Å². The summed E-state index contributed by atoms with van der Waals surface area (Å²) in [6.45, 7) is 0.516. The van der Waals surface area contributed by atoms with Crippen LogP contribution in [0.2, 0.25) is 0 Å². The largest absolute Gasteiger partial charge is 0.397 e. The summed E-state index contributed by atoms with van der Waals surface area (Å²) in [5, 5.41) is 0. The number of carbonyl (C=O) groups is 2. The summed E-state index contributed by atoms with van der Waals surface area (Å²) in [5.41, 5.74) is 11.6. The van der Waals surface area contributed by atoms with Crippen LogP contribution in [0.25, 0.3) is 0 Å². The Balaban J connectivity index is 2.27. The molecule has 2 heterocycles. The van der Waals surface area contributed by atoms with Crippen molar-refractivity contribution in [2.24, 2.45) is 5.73 Å². The molecule has 0 saturated carbocycles. The lowest BCUT2D eigenvalue weighted by molar-refractivity contribution is -0.123. The Bertz CT molecular complexity index is 475. The SMILES string of the molecule is NC(=O)C1CCCCN1C(=O)c1ncccc1N. The number of pyridine rings is 1. The number of aromatic nitrogens is 1. The second-order valence-electron chi connectivity index (χ2n) is 4.35. The van der Waals surface area contributed by atoms with Crippen molar-refractivity contribution in [3.05, 3.63) is 24.0 Å². The Morgan fingerprint density at radius 1 is 1.39 bits per heavy atom. The average Bonchev–Trinajstić information content (AvgIpc) is 2.38. The molecule has 1 saturated heterocycles. The molecule has 1 aliphatic rings. The molecule has 2 amide bonds. The molecule has 6 heteroatoms. The third-order valence-electron chi connectivity index (χ3n) is 3.13. The third kappa shape index (κ3) is 2.27. The van der Waals surface area contributed by atoms with Crippen molar-refractivity contribution < 1.29 is 9.59 Å². The molecule has 0 spiro atoms. The highest BCUT2D eigenvalue weighted by molar-refractivity contribution is 5.99. The Labute approximate surface area is 105 Å². The van der Waals surface area contributed by atoms with Crippen molar-refractivity contribution in [3.63, 3.8) is 0 Å². The highest BCUT2D eigenvalue weighted by atomic mass is 16.2. The number of primary amides is 1. The maximum Gasteiger partial charge on any atom is 0.275 e. The topological polar surface area (TPSA) is 102 Å². The number of anilines is 1. The van der Waals surface area contributed by atoms with Crippen molar-refractivity contribution in [1.29, 1.82) is 0 Å². The number of hydrogen-bond acceptors (Lipinski definition) is 4. The lowest BCUT2D eigenvalue weighted by Crippen LogP contribution is -2.50. The number of hydrogen-bond donors (Lipinski definition) is 2. The molecule has 0 aromatic carbocycles. The minimum Gasteiger partial charge on any atom is -0.397 e. The predicted octanol–water partition coefficient (Wildman–Crippen LogP) is 0.144. The van der Waals surface area contributed by atoms with E-state index in [9.17, 15) is 9.59 Å². The summed E-state index contributed by atoms with van der Waals surface area (Å²) in [6, 6.07) is 2.73. The smallest absolute Gasteiger partial charge is 0.275 e. The van der Waals surface area contributed by atoms with E-state index in [1.165, 1.54) is 11.1 Å². The Hall–Kier alpha value is -2.11. The molecule has 1 aromatic heterocycles. The normalized spacial score (nSPS) is 19.6. The number of nitrogen functional groups attached to an aromatic ring is 1. The molecule has 0 radical (unpaired) electrons. The first-order valence-electron chi connectivity index (χ1n) is 5.92. The first-order chi connectivity index (χ1) is 8.61. The van der Waals surface area contributed by atoms with Crippen molar-refractivity contribution in [2.75, 3.05) is 12.3 Å². The predicted molar refractivity (Wildman–Crippen MR) is 66.5 cm³/mol. The van der Waals surface area contributed by atoms with E-state index in [0.29, 0.717) is 18.7 Å². The van der Waals surface area contributed by atoms with Crippen LogP contribution in [0.5, 0.6) is 0 Å². The van der Waals surface area contributed by atoms with E-state index < -0.39 is 11.9 Å². The Kier molecular flexibility index (Phi) is 3.45. The summed E-state index contributed by atoms with van der Waals surface area (Å²) >= 11 is 0. The van der Waals surface area contributed by atoms with E-state index in [-0.39, 0.29) is 11.6 Å². The maximum atomic E-state index is 12.3. The first-order valence-corrected chi connectivity index (χ1v) is 5.92. The molecular formula is C12H16N4O2. The molecule has 18 heavy (non-hydrogen) atoms. The zero-order valence-electron chi connectivity index (χ0n) is 10.0. The van der Waals surface area contributed by atoms with Crippen molar-refractivity contribution in [3.8, 4) is 0 Å². The molecule has 4 N–H and O–H groups in total. The van der Waals surface area contributed by atoms with Crippen LogP contribution in [0, 0.1) is 0 Å². The van der Waals surface area contributed by atoms with Gasteiger partial charge in [0.05, 0.1) is 5.69 Å². The van der Waals surface area contributed by atoms with Crippen LogP contribution in [0.3, 0.4) is 0 Å². The molecule has 1 aliphatic heterocycles. The number of piperidine rings is 1. The van der Waals surface area contributed by atoms with Crippen LogP contribution in [-0.2, 0) is 4.79 Å². The van der Waals surface area contributed by atoms with Gasteiger partial charge in [-0.25, -0.2) is 4.98 Å². The van der Waals surface area contributed by atoms with Gasteiger partial charge in [0.2, 0.25) is 5.91 Å². The zero-order chi connectivity index (χ0) is 13.1. The van der Waals surface area contributed by atoms with Crippen molar-refractivity contribution in [2.45, 2.75) is 25.3 Å². The van der Waals surface area contributed by atoms with Gasteiger partial charge in [-0.1, -0.05) is 0 Å². The van der Waals surface area contributed by atoms with E-state index in [2.05, 4.69) is 4.98 Å². The summed E-state index contributed by atoms with van der Waals surface area (Å²) in [4.78, 5) is 29.1. The number of nitrogens with zero attached hydrogens (tertiary/aromatic N) is 2. The van der Waals surface area contributed by atoms with Gasteiger partial charge in [-0.15, -0.1) is 0 Å². The fraction of sp³-hybridized carbons (Fsp3) is 0.417. The van der Waals surface area contributed by atoms with Crippen molar-refractivity contribution >= 4 is 17.5 Å². The van der Waals surface area contributed by atoms with Gasteiger partial charge in [0.25, 0.3) is 5.91 Å². The van der Waals surface area contributed by atoms with Crippen LogP contribution >= 0.6 is 0 Å². The molecule has 1 atom stereocenters. The monoisotopic (exact) mass is 248 g/mol. The molecule has 2 rings (SSSR count). The molecule has 96 valence electrons. The fourth-order valence-electron chi connectivity index (χ4n) is 2.20. The second-order valence-corrected chi connectivity index (χ2v) is 4.35. The van der Waals surface area contributed by atoms with Crippen LogP contribution < -0.4 is 11.5 Å². The van der Waals surface area contributed by atoms with E-state index in [1.807, 2.05) is 0 Å². The van der Waals surface area contributed by atoms with E-state index in [0.717, 1.165) is 12.8 Å². The second kappa shape index (κ2) is 5.03. The van der Waals surface area contributed by atoms with Gasteiger partial charge in [0.15, 0.2) is 5.69 Å². The molecule has 1 aromatic rings. The number of amides is 2. The quantitative estimate of drug-likeness (QED) is 0.777. The zero-order valence-corrected chi connectivity index (χ0v) is 10.0. The molecule has 1 fully saturated rings. The van der Waals surface area contributed by atoms with Crippen LogP contribution in [0.1, 0.15) is 29.8 Å². The summed E-state index contributed by atoms with van der Waals surface area (Å²) in [7, 11) is 0. The molecule has 1 unspecified atom stereocenters. The molecule has 0 bridgehead atoms. The fourth-order valence-corrected chi connectivity index (χ4v) is 2.20. The standard InChI is InChI=1S/C12H16N4O2/c13-8-4-3-6-15-10(8)12(18)16-7-2-1-5-9(16)11(14)17/h3-4,6,9H,1-2,5,7,13H2,(H2,14,17). The highest BCUT2D eigenvalue weighted by Gasteiger charge is 2.32. The molecule has 6 nitrogen and oxygen atoms in total. The van der Waals surface area contributed by atoms with Gasteiger partial charge in [0.1, 0.15) is 6.04 Å². The number of rotatable bonds is 2. The lowest BCUT2D eigenvalue weighted by atomic mass is 10.0. The van der Waals surface area contributed by atoms with E-state index >= 15 is 0 Å². The summed E-state index contributed by atoms with van der Waals surface area (Å²) in [6.07, 6.45) is 3.87. The molecular weight excluding hydrogens is 232 g/mol. The van der Waals surface area contributed by atoms with Gasteiger partial charge >= 0.3 is 0 Å². The lowest BCUT2D eigenvalue weighted by Gasteiger charge is -2.33. The van der Waals surface area contributed by atoms with E-state index in [1.54, 1.807) is 12.1 Å². The Morgan fingerprint density at radius 2 is 2.17 bits per heavy atom. The first kappa shape index (κ1) is 12.3. The molecule has 0 aliphatic carbocycles. The van der Waals surface area contributed by atoms with Gasteiger partial charge in [-0.05, 0) is 31.4 Å². The van der Waals surface area contributed by atoms with Gasteiger partial charge in [-0.3, -0.25) is 9.59 Å². The number of carbonyl (C=O) groups excluding carboxylic acids is 2.